The van der Waals surface area contributed by atoms with Crippen LogP contribution in [0.3, 0.4) is 0 Å². The fraction of sp³-hybridized carbons (Fsp3) is 0.586. The zero-order valence-electron chi connectivity index (χ0n) is 25.4. The molecule has 0 spiro atoms. The number of carbonyl (C=O) groups excluding carboxylic acids is 4. The molecular formula is C29H40N4O9S. The van der Waals surface area contributed by atoms with Crippen molar-refractivity contribution in [3.05, 3.63) is 35.7 Å². The lowest BCUT2D eigenvalue weighted by molar-refractivity contribution is -0.211. The van der Waals surface area contributed by atoms with Crippen LogP contribution in [0, 0.1) is 6.92 Å². The van der Waals surface area contributed by atoms with Crippen molar-refractivity contribution >= 4 is 35.6 Å². The number of hydrogen-bond acceptors (Lipinski definition) is 12. The Hall–Kier alpha value is -3.65. The van der Waals surface area contributed by atoms with Crippen LogP contribution >= 0.6 is 11.8 Å². The van der Waals surface area contributed by atoms with E-state index in [9.17, 15) is 19.2 Å². The number of hydrogen-bond donors (Lipinski definition) is 1. The van der Waals surface area contributed by atoms with Gasteiger partial charge in [-0.25, -0.2) is 0 Å². The number of benzene rings is 1. The molecule has 5 atom stereocenters. The molecule has 13 nitrogen and oxygen atoms in total. The molecule has 1 amide bonds. The second-order valence-electron chi connectivity index (χ2n) is 10.2. The van der Waals surface area contributed by atoms with Gasteiger partial charge in [-0.3, -0.25) is 19.2 Å². The Morgan fingerprint density at radius 1 is 1.00 bits per heavy atom. The summed E-state index contributed by atoms with van der Waals surface area (Å²) in [6.45, 7) is 9.53. The smallest absolute Gasteiger partial charge is 0.303 e. The standard InChI is InChI=1S/C29H40N4O9S/c1-7-8-9-13-33-24(16-39-22-12-10-11-17(2)14-22)31-32-29(33)43-28-25(30-18(3)34)27(41-21(6)37)26(40-20(5)36)23(42-28)15-38-19(4)35/h10-12,14,23,25-28H,7-9,13,15-16H2,1-6H3,(H,30,34)/t23-,25-,26+,27-,28+/m0/s1. The van der Waals surface area contributed by atoms with E-state index in [1.807, 2.05) is 35.8 Å². The predicted octanol–water partition coefficient (Wildman–Crippen LogP) is 3.10. The molecule has 0 unspecified atom stereocenters. The van der Waals surface area contributed by atoms with Gasteiger partial charge >= 0.3 is 17.9 Å². The Morgan fingerprint density at radius 3 is 2.35 bits per heavy atom. The number of amides is 1. The molecular weight excluding hydrogens is 580 g/mol. The van der Waals surface area contributed by atoms with E-state index in [0.29, 0.717) is 23.3 Å². The molecule has 3 rings (SSSR count). The summed E-state index contributed by atoms with van der Waals surface area (Å²) in [5.74, 6) is -1.03. The molecule has 1 saturated heterocycles. The third kappa shape index (κ3) is 10.2. The summed E-state index contributed by atoms with van der Waals surface area (Å²) >= 11 is 1.16. The van der Waals surface area contributed by atoms with Crippen molar-refractivity contribution in [2.45, 2.75) is 109 Å². The molecule has 0 radical (unpaired) electrons. The summed E-state index contributed by atoms with van der Waals surface area (Å²) in [4.78, 5) is 48.2. The highest BCUT2D eigenvalue weighted by Crippen LogP contribution is 2.36. The fourth-order valence-corrected chi connectivity index (χ4v) is 5.79. The first-order chi connectivity index (χ1) is 20.5. The molecule has 1 fully saturated rings. The van der Waals surface area contributed by atoms with Crippen molar-refractivity contribution in [3.8, 4) is 5.75 Å². The van der Waals surface area contributed by atoms with Crippen LogP contribution in [0.15, 0.2) is 29.4 Å². The van der Waals surface area contributed by atoms with Crippen molar-refractivity contribution in [2.24, 2.45) is 0 Å². The minimum absolute atomic E-state index is 0.170. The van der Waals surface area contributed by atoms with E-state index in [0.717, 1.165) is 36.6 Å². The molecule has 1 aromatic heterocycles. The first-order valence-corrected chi connectivity index (χ1v) is 15.0. The highest BCUT2D eigenvalue weighted by molar-refractivity contribution is 7.99. The van der Waals surface area contributed by atoms with Gasteiger partial charge in [0.25, 0.3) is 0 Å². The van der Waals surface area contributed by atoms with Crippen LogP contribution in [0.4, 0.5) is 0 Å². The summed E-state index contributed by atoms with van der Waals surface area (Å²) in [5, 5.41) is 12.1. The van der Waals surface area contributed by atoms with Crippen LogP contribution in [0.5, 0.6) is 5.75 Å². The lowest BCUT2D eigenvalue weighted by Gasteiger charge is -2.44. The van der Waals surface area contributed by atoms with Crippen LogP contribution < -0.4 is 10.1 Å². The van der Waals surface area contributed by atoms with Crippen molar-refractivity contribution in [3.63, 3.8) is 0 Å². The lowest BCUT2D eigenvalue weighted by atomic mass is 9.97. The molecule has 2 heterocycles. The first kappa shape index (κ1) is 33.8. The van der Waals surface area contributed by atoms with Crippen LogP contribution in [-0.4, -0.2) is 75.0 Å². The van der Waals surface area contributed by atoms with E-state index < -0.39 is 53.6 Å². The number of rotatable bonds is 14. The first-order valence-electron chi connectivity index (χ1n) is 14.2. The van der Waals surface area contributed by atoms with E-state index >= 15 is 0 Å². The number of carbonyl (C=O) groups is 4. The molecule has 0 saturated carbocycles. The topological polar surface area (TPSA) is 157 Å². The molecule has 236 valence electrons. The maximum atomic E-state index is 12.3. The molecule has 1 aliphatic rings. The van der Waals surface area contributed by atoms with Crippen LogP contribution in [-0.2, 0) is 51.3 Å². The van der Waals surface area contributed by atoms with Gasteiger partial charge in [0.1, 0.15) is 36.5 Å². The maximum absolute atomic E-state index is 12.3. The normalized spacial score (nSPS) is 21.5. The highest BCUT2D eigenvalue weighted by Gasteiger charge is 2.51. The Labute approximate surface area is 255 Å². The number of unbranched alkanes of at least 4 members (excludes halogenated alkanes) is 2. The summed E-state index contributed by atoms with van der Waals surface area (Å²) in [7, 11) is 0. The Morgan fingerprint density at radius 2 is 1.72 bits per heavy atom. The summed E-state index contributed by atoms with van der Waals surface area (Å²) < 4.78 is 30.5. The summed E-state index contributed by atoms with van der Waals surface area (Å²) in [5.41, 5.74) is 0.162. The van der Waals surface area contributed by atoms with E-state index in [-0.39, 0.29) is 13.2 Å². The average molecular weight is 621 g/mol. The predicted molar refractivity (Wildman–Crippen MR) is 155 cm³/mol. The van der Waals surface area contributed by atoms with Crippen LogP contribution in [0.2, 0.25) is 0 Å². The Kier molecular flexibility index (Phi) is 12.8. The zero-order chi connectivity index (χ0) is 31.5. The molecule has 0 bridgehead atoms. The van der Waals surface area contributed by atoms with Crippen molar-refractivity contribution in [1.29, 1.82) is 0 Å². The van der Waals surface area contributed by atoms with Gasteiger partial charge in [-0.2, -0.15) is 0 Å². The maximum Gasteiger partial charge on any atom is 0.303 e. The lowest BCUT2D eigenvalue weighted by Crippen LogP contribution is -2.65. The number of nitrogens with one attached hydrogen (secondary N) is 1. The third-order valence-electron chi connectivity index (χ3n) is 6.43. The van der Waals surface area contributed by atoms with Crippen LogP contribution in [0.1, 0.15) is 65.3 Å². The molecule has 2 aromatic rings. The third-order valence-corrected chi connectivity index (χ3v) is 7.58. The second kappa shape index (κ2) is 16.3. The molecule has 14 heteroatoms. The number of esters is 3. The monoisotopic (exact) mass is 620 g/mol. The van der Waals surface area contributed by atoms with E-state index in [2.05, 4.69) is 22.4 Å². The fourth-order valence-electron chi connectivity index (χ4n) is 4.61. The Bertz CT molecular complexity index is 1270. The van der Waals surface area contributed by atoms with Gasteiger partial charge < -0.3 is 33.6 Å². The molecule has 1 N–H and O–H groups in total. The summed E-state index contributed by atoms with van der Waals surface area (Å²) in [6, 6.07) is 6.73. The second-order valence-corrected chi connectivity index (χ2v) is 11.3. The van der Waals surface area contributed by atoms with Crippen molar-refractivity contribution in [2.75, 3.05) is 6.61 Å². The molecule has 1 aromatic carbocycles. The number of ether oxygens (including phenoxy) is 5. The highest BCUT2D eigenvalue weighted by atomic mass is 32.2. The van der Waals surface area contributed by atoms with Gasteiger partial charge in [-0.15, -0.1) is 10.2 Å². The van der Waals surface area contributed by atoms with Crippen molar-refractivity contribution in [1.82, 2.24) is 20.1 Å². The number of nitrogens with zero attached hydrogens (tertiary/aromatic N) is 3. The minimum atomic E-state index is -1.17. The molecule has 0 aliphatic carbocycles. The van der Waals surface area contributed by atoms with Gasteiger partial charge in [-0.05, 0) is 31.0 Å². The van der Waals surface area contributed by atoms with Gasteiger partial charge in [0.05, 0.1) is 0 Å². The minimum Gasteiger partial charge on any atom is -0.486 e. The number of thioether (sulfide) groups is 1. The molecule has 1 aliphatic heterocycles. The average Bonchev–Trinajstić information content (AvgIpc) is 3.30. The van der Waals surface area contributed by atoms with Gasteiger partial charge in [-0.1, -0.05) is 43.7 Å². The van der Waals surface area contributed by atoms with Gasteiger partial charge in [0.15, 0.2) is 23.2 Å². The molecule has 43 heavy (non-hydrogen) atoms. The SMILES string of the molecule is CCCCCn1c(COc2cccc(C)c2)nnc1S[C@H]1O[C@@H](COC(C)=O)[C@@H](OC(C)=O)[C@@H](OC(C)=O)[C@@H]1NC(C)=O. The number of aromatic nitrogens is 3. The van der Waals surface area contributed by atoms with E-state index in [4.69, 9.17) is 23.7 Å². The van der Waals surface area contributed by atoms with E-state index in [1.54, 1.807) is 0 Å². The zero-order valence-corrected chi connectivity index (χ0v) is 26.2. The van der Waals surface area contributed by atoms with E-state index in [1.165, 1.54) is 27.7 Å². The largest absolute Gasteiger partial charge is 0.486 e. The quantitative estimate of drug-likeness (QED) is 0.187. The van der Waals surface area contributed by atoms with Gasteiger partial charge in [0.2, 0.25) is 5.91 Å². The van der Waals surface area contributed by atoms with Gasteiger partial charge in [0, 0.05) is 34.2 Å². The van der Waals surface area contributed by atoms with Crippen molar-refractivity contribution < 1.29 is 42.9 Å². The Balaban J connectivity index is 1.97. The van der Waals surface area contributed by atoms with Crippen LogP contribution in [0.25, 0.3) is 0 Å². The summed E-state index contributed by atoms with van der Waals surface area (Å²) in [6.07, 6.45) is -0.485. The number of aryl methyl sites for hydroxylation is 1.